The summed E-state index contributed by atoms with van der Waals surface area (Å²) in [6.45, 7) is 6.38. The molecule has 1 saturated carbocycles. The van der Waals surface area contributed by atoms with Crippen molar-refractivity contribution in [3.05, 3.63) is 0 Å². The Hall–Kier alpha value is -1.06. The van der Waals surface area contributed by atoms with Crippen molar-refractivity contribution in [2.24, 2.45) is 17.0 Å². The first-order chi connectivity index (χ1) is 7.62. The Morgan fingerprint density at radius 2 is 2.44 bits per heavy atom. The average molecular weight is 225 g/mol. The third-order valence-electron chi connectivity index (χ3n) is 3.49. The van der Waals surface area contributed by atoms with Crippen LogP contribution in [0.3, 0.4) is 0 Å². The Kier molecular flexibility index (Phi) is 2.91. The van der Waals surface area contributed by atoms with Gasteiger partial charge in [0.1, 0.15) is 0 Å². The van der Waals surface area contributed by atoms with Crippen molar-refractivity contribution in [1.29, 1.82) is 0 Å². The first-order valence-corrected chi connectivity index (χ1v) is 6.05. The van der Waals surface area contributed by atoms with Crippen molar-refractivity contribution in [2.75, 3.05) is 6.61 Å². The predicted octanol–water partition coefficient (Wildman–Crippen LogP) is 2.13. The molecule has 16 heavy (non-hydrogen) atoms. The predicted molar refractivity (Wildman–Crippen MR) is 60.1 cm³/mol. The van der Waals surface area contributed by atoms with Gasteiger partial charge in [0.2, 0.25) is 5.60 Å². The normalized spacial score (nSPS) is 32.2. The topological polar surface area (TPSA) is 47.9 Å². The molecule has 2 aliphatic rings. The summed E-state index contributed by atoms with van der Waals surface area (Å²) in [5, 5.41) is 4.11. The highest BCUT2D eigenvalue weighted by molar-refractivity contribution is 5.97. The van der Waals surface area contributed by atoms with Gasteiger partial charge >= 0.3 is 5.97 Å². The number of rotatable bonds is 3. The second-order valence-electron chi connectivity index (χ2n) is 4.82. The Labute approximate surface area is 96.0 Å². The highest BCUT2D eigenvalue weighted by Gasteiger charge is 2.58. The zero-order chi connectivity index (χ0) is 11.8. The molecule has 2 atom stereocenters. The molecule has 2 unspecified atom stereocenters. The fourth-order valence-electron chi connectivity index (χ4n) is 2.71. The molecule has 0 bridgehead atoms. The van der Waals surface area contributed by atoms with Gasteiger partial charge in [-0.3, -0.25) is 0 Å². The number of carbonyl (C=O) groups excluding carboxylic acids is 1. The summed E-state index contributed by atoms with van der Waals surface area (Å²) in [6.07, 6.45) is 2.72. The lowest BCUT2D eigenvalue weighted by atomic mass is 9.83. The molecule has 2 rings (SSSR count). The van der Waals surface area contributed by atoms with E-state index in [1.807, 2.05) is 6.92 Å². The monoisotopic (exact) mass is 225 g/mol. The van der Waals surface area contributed by atoms with Gasteiger partial charge in [-0.15, -0.1) is 0 Å². The van der Waals surface area contributed by atoms with E-state index in [2.05, 4.69) is 19.0 Å². The molecule has 0 radical (unpaired) electrons. The number of carbonyl (C=O) groups is 1. The van der Waals surface area contributed by atoms with E-state index >= 15 is 0 Å². The van der Waals surface area contributed by atoms with Gasteiger partial charge in [0.15, 0.2) is 0 Å². The number of ether oxygens (including phenoxy) is 1. The van der Waals surface area contributed by atoms with Gasteiger partial charge in [-0.25, -0.2) is 4.79 Å². The fourth-order valence-corrected chi connectivity index (χ4v) is 2.71. The van der Waals surface area contributed by atoms with E-state index in [1.165, 1.54) is 0 Å². The molecule has 0 saturated heterocycles. The Morgan fingerprint density at radius 3 is 3.06 bits per heavy atom. The quantitative estimate of drug-likeness (QED) is 0.691. The lowest BCUT2D eigenvalue weighted by molar-refractivity contribution is -0.171. The smallest absolute Gasteiger partial charge is 0.354 e. The summed E-state index contributed by atoms with van der Waals surface area (Å²) >= 11 is 0. The van der Waals surface area contributed by atoms with Crippen LogP contribution in [0.25, 0.3) is 0 Å². The minimum Gasteiger partial charge on any atom is -0.463 e. The molecular weight excluding hydrogens is 206 g/mol. The van der Waals surface area contributed by atoms with Gasteiger partial charge < -0.3 is 9.57 Å². The molecule has 0 aromatic rings. The van der Waals surface area contributed by atoms with Crippen molar-refractivity contribution in [3.63, 3.8) is 0 Å². The van der Waals surface area contributed by atoms with Crippen LogP contribution in [0.5, 0.6) is 0 Å². The molecule has 1 aliphatic heterocycles. The molecule has 90 valence electrons. The van der Waals surface area contributed by atoms with E-state index in [4.69, 9.17) is 9.57 Å². The molecule has 0 aromatic carbocycles. The molecule has 0 N–H and O–H groups in total. The first-order valence-electron chi connectivity index (χ1n) is 6.05. The van der Waals surface area contributed by atoms with Crippen LogP contribution in [0.15, 0.2) is 5.16 Å². The van der Waals surface area contributed by atoms with Crippen LogP contribution >= 0.6 is 0 Å². The number of fused-ring (bicyclic) bond motifs is 1. The lowest BCUT2D eigenvalue weighted by Crippen LogP contribution is -2.44. The summed E-state index contributed by atoms with van der Waals surface area (Å²) in [5.74, 6) is 0.225. The largest absolute Gasteiger partial charge is 0.463 e. The third kappa shape index (κ3) is 1.51. The van der Waals surface area contributed by atoms with Crippen LogP contribution in [0.4, 0.5) is 0 Å². The Bertz CT molecular complexity index is 324. The van der Waals surface area contributed by atoms with Gasteiger partial charge in [-0.05, 0) is 25.7 Å². The van der Waals surface area contributed by atoms with Crippen molar-refractivity contribution in [2.45, 2.75) is 45.6 Å². The van der Waals surface area contributed by atoms with E-state index in [0.29, 0.717) is 12.5 Å². The van der Waals surface area contributed by atoms with E-state index in [-0.39, 0.29) is 11.9 Å². The van der Waals surface area contributed by atoms with E-state index < -0.39 is 5.60 Å². The molecule has 4 heteroatoms. The molecule has 4 nitrogen and oxygen atoms in total. The molecule has 0 amide bonds. The van der Waals surface area contributed by atoms with Gasteiger partial charge in [-0.1, -0.05) is 19.0 Å². The first kappa shape index (κ1) is 11.4. The number of hydrogen-bond acceptors (Lipinski definition) is 4. The second-order valence-corrected chi connectivity index (χ2v) is 4.82. The number of oxime groups is 1. The van der Waals surface area contributed by atoms with Crippen molar-refractivity contribution in [3.8, 4) is 0 Å². The van der Waals surface area contributed by atoms with Crippen molar-refractivity contribution in [1.82, 2.24) is 0 Å². The molecule has 0 spiro atoms. The standard InChI is InChI=1S/C12H19NO3/c1-4-15-11(14)12-7-5-6-9(12)10(8(2)3)13-16-12/h8-9H,4-7H2,1-3H3. The summed E-state index contributed by atoms with van der Waals surface area (Å²) in [7, 11) is 0. The Morgan fingerprint density at radius 1 is 1.69 bits per heavy atom. The Balaban J connectivity index is 2.21. The van der Waals surface area contributed by atoms with Crippen LogP contribution in [0.1, 0.15) is 40.0 Å². The summed E-state index contributed by atoms with van der Waals surface area (Å²) in [5.41, 5.74) is 0.223. The molecule has 0 aromatic heterocycles. The second kappa shape index (κ2) is 4.07. The SMILES string of the molecule is CCOC(=O)C12CCCC1C(C(C)C)=NO2. The van der Waals surface area contributed by atoms with Crippen molar-refractivity contribution >= 4 is 11.7 Å². The summed E-state index contributed by atoms with van der Waals surface area (Å²) in [6, 6.07) is 0. The van der Waals surface area contributed by atoms with Gasteiger partial charge in [0.05, 0.1) is 18.2 Å². The van der Waals surface area contributed by atoms with Crippen LogP contribution in [0, 0.1) is 11.8 Å². The van der Waals surface area contributed by atoms with E-state index in [0.717, 1.165) is 25.0 Å². The number of nitrogens with zero attached hydrogens (tertiary/aromatic N) is 1. The highest BCUT2D eigenvalue weighted by atomic mass is 16.7. The maximum absolute atomic E-state index is 12.0. The molecule has 1 aliphatic carbocycles. The zero-order valence-corrected chi connectivity index (χ0v) is 10.2. The maximum atomic E-state index is 12.0. The molecule has 1 heterocycles. The van der Waals surface area contributed by atoms with Crippen LogP contribution in [-0.2, 0) is 14.4 Å². The lowest BCUT2D eigenvalue weighted by Gasteiger charge is -2.24. The van der Waals surface area contributed by atoms with Gasteiger partial charge in [0.25, 0.3) is 0 Å². The van der Waals surface area contributed by atoms with Gasteiger partial charge in [-0.2, -0.15) is 0 Å². The number of hydrogen-bond donors (Lipinski definition) is 0. The average Bonchev–Trinajstić information content (AvgIpc) is 2.74. The van der Waals surface area contributed by atoms with E-state index in [1.54, 1.807) is 0 Å². The zero-order valence-electron chi connectivity index (χ0n) is 10.2. The van der Waals surface area contributed by atoms with E-state index in [9.17, 15) is 4.79 Å². The molecular formula is C12H19NO3. The van der Waals surface area contributed by atoms with Crippen LogP contribution < -0.4 is 0 Å². The maximum Gasteiger partial charge on any atom is 0.354 e. The minimum atomic E-state index is -0.796. The van der Waals surface area contributed by atoms with Gasteiger partial charge in [0, 0.05) is 6.42 Å². The molecule has 1 fully saturated rings. The third-order valence-corrected chi connectivity index (χ3v) is 3.49. The van der Waals surface area contributed by atoms with Crippen molar-refractivity contribution < 1.29 is 14.4 Å². The number of esters is 1. The minimum absolute atomic E-state index is 0.131. The highest BCUT2D eigenvalue weighted by Crippen LogP contribution is 2.46. The van der Waals surface area contributed by atoms with Crippen LogP contribution in [0.2, 0.25) is 0 Å². The van der Waals surface area contributed by atoms with Crippen LogP contribution in [-0.4, -0.2) is 23.9 Å². The summed E-state index contributed by atoms with van der Waals surface area (Å²) in [4.78, 5) is 17.5. The fraction of sp³-hybridized carbons (Fsp3) is 0.833. The summed E-state index contributed by atoms with van der Waals surface area (Å²) < 4.78 is 5.12.